The number of benzene rings is 3. The Balaban J connectivity index is 1.27. The summed E-state index contributed by atoms with van der Waals surface area (Å²) in [6.07, 6.45) is 2.71. The van der Waals surface area contributed by atoms with Gasteiger partial charge in [0.05, 0.1) is 10.4 Å². The van der Waals surface area contributed by atoms with Crippen LogP contribution in [0.25, 0.3) is 21.0 Å². The molecule has 3 heterocycles. The van der Waals surface area contributed by atoms with Gasteiger partial charge in [0, 0.05) is 53.5 Å². The predicted octanol–water partition coefficient (Wildman–Crippen LogP) is 5.57. The zero-order valence-corrected chi connectivity index (χ0v) is 21.0. The second-order valence-electron chi connectivity index (χ2n) is 9.30. The molecule has 36 heavy (non-hydrogen) atoms. The van der Waals surface area contributed by atoms with Gasteiger partial charge in [0.1, 0.15) is 0 Å². The Kier molecular flexibility index (Phi) is 6.09. The number of carbonyl (C=O) groups is 1. The number of amides is 1. The van der Waals surface area contributed by atoms with Gasteiger partial charge in [0.15, 0.2) is 0 Å². The number of hydrogen-bond acceptors (Lipinski definition) is 6. The van der Waals surface area contributed by atoms with E-state index in [9.17, 15) is 4.79 Å². The van der Waals surface area contributed by atoms with Crippen molar-refractivity contribution < 1.29 is 4.79 Å². The van der Waals surface area contributed by atoms with E-state index in [1.165, 1.54) is 11.1 Å². The van der Waals surface area contributed by atoms with E-state index >= 15 is 0 Å². The maximum absolute atomic E-state index is 13.2. The van der Waals surface area contributed by atoms with E-state index in [4.69, 9.17) is 4.98 Å². The monoisotopic (exact) mass is 493 g/mol. The number of thiophene rings is 1. The van der Waals surface area contributed by atoms with Crippen LogP contribution < -0.4 is 5.32 Å². The summed E-state index contributed by atoms with van der Waals surface area (Å²) < 4.78 is 1.06. The maximum Gasteiger partial charge on any atom is 0.264 e. The van der Waals surface area contributed by atoms with Gasteiger partial charge in [-0.1, -0.05) is 42.5 Å². The fraction of sp³-hybridized carbons (Fsp3) is 0.207. The van der Waals surface area contributed by atoms with Gasteiger partial charge in [-0.2, -0.15) is 0 Å². The number of piperazine rings is 1. The molecule has 0 spiro atoms. The summed E-state index contributed by atoms with van der Waals surface area (Å²) in [5.74, 6) is 0.657. The van der Waals surface area contributed by atoms with Gasteiger partial charge in [-0.3, -0.25) is 4.79 Å². The van der Waals surface area contributed by atoms with Crippen molar-refractivity contribution in [3.63, 3.8) is 0 Å². The molecule has 0 atom stereocenters. The standard InChI is InChI=1S/C29H27N5OS/c1-33-12-14-34(15-13-33)28(35)26-18-24-25(36-26)11-10-22-19-30-29(32-27(22)24)31-23-9-5-8-21(17-23)16-20-6-3-2-4-7-20/h2-11,17-19H,12-16H2,1H3,(H,30,31,32). The van der Waals surface area contributed by atoms with E-state index in [0.717, 1.165) is 64.2 Å². The molecule has 7 heteroatoms. The third-order valence-corrected chi connectivity index (χ3v) is 7.77. The lowest BCUT2D eigenvalue weighted by molar-refractivity contribution is 0.0669. The van der Waals surface area contributed by atoms with Crippen LogP contribution in [0.15, 0.2) is 79.0 Å². The van der Waals surface area contributed by atoms with Crippen LogP contribution >= 0.6 is 11.3 Å². The SMILES string of the molecule is CN1CCN(C(=O)c2cc3c(ccc4cnc(Nc5cccc(Cc6ccccc6)c5)nc43)s2)CC1. The van der Waals surface area contributed by atoms with Crippen LogP contribution in [0.2, 0.25) is 0 Å². The molecule has 6 nitrogen and oxygen atoms in total. The molecule has 0 radical (unpaired) electrons. The Labute approximate surface area is 214 Å². The molecule has 1 N–H and O–H groups in total. The number of carbonyl (C=O) groups excluding carboxylic acids is 1. The van der Waals surface area contributed by atoms with Crippen molar-refractivity contribution in [2.75, 3.05) is 38.5 Å². The predicted molar refractivity (Wildman–Crippen MR) is 147 cm³/mol. The summed E-state index contributed by atoms with van der Waals surface area (Å²) in [4.78, 5) is 27.5. The molecule has 1 aliphatic rings. The smallest absolute Gasteiger partial charge is 0.264 e. The van der Waals surface area contributed by atoms with Crippen molar-refractivity contribution >= 4 is 49.9 Å². The molecule has 1 aliphatic heterocycles. The normalized spacial score (nSPS) is 14.4. The van der Waals surface area contributed by atoms with Crippen molar-refractivity contribution in [1.29, 1.82) is 0 Å². The van der Waals surface area contributed by atoms with Crippen molar-refractivity contribution in [2.24, 2.45) is 0 Å². The number of nitrogens with zero attached hydrogens (tertiary/aromatic N) is 4. The number of rotatable bonds is 5. The van der Waals surface area contributed by atoms with Crippen LogP contribution in [0.4, 0.5) is 11.6 Å². The van der Waals surface area contributed by atoms with Crippen LogP contribution in [0.3, 0.4) is 0 Å². The van der Waals surface area contributed by atoms with Crippen molar-refractivity contribution in [1.82, 2.24) is 19.8 Å². The average molecular weight is 494 g/mol. The maximum atomic E-state index is 13.2. The summed E-state index contributed by atoms with van der Waals surface area (Å²) in [5.41, 5.74) is 4.31. The highest BCUT2D eigenvalue weighted by atomic mass is 32.1. The molecule has 0 unspecified atom stereocenters. The molecule has 180 valence electrons. The van der Waals surface area contributed by atoms with Gasteiger partial charge in [0.25, 0.3) is 5.91 Å². The first-order chi connectivity index (χ1) is 17.6. The number of fused-ring (bicyclic) bond motifs is 3. The van der Waals surface area contributed by atoms with E-state index in [2.05, 4.69) is 70.8 Å². The highest BCUT2D eigenvalue weighted by Gasteiger charge is 2.22. The lowest BCUT2D eigenvalue weighted by atomic mass is 10.0. The number of likely N-dealkylation sites (N-methyl/N-ethyl adjacent to an activating group) is 1. The van der Waals surface area contributed by atoms with E-state index in [1.54, 1.807) is 11.3 Å². The van der Waals surface area contributed by atoms with Crippen molar-refractivity contribution in [3.05, 3.63) is 95.0 Å². The van der Waals surface area contributed by atoms with Gasteiger partial charge < -0.3 is 15.1 Å². The quantitative estimate of drug-likeness (QED) is 0.347. The van der Waals surface area contributed by atoms with Crippen molar-refractivity contribution in [3.8, 4) is 0 Å². The lowest BCUT2D eigenvalue weighted by Crippen LogP contribution is -2.46. The summed E-state index contributed by atoms with van der Waals surface area (Å²) in [7, 11) is 2.10. The van der Waals surface area contributed by atoms with Gasteiger partial charge in [-0.15, -0.1) is 11.3 Å². The van der Waals surface area contributed by atoms with Crippen LogP contribution in [0.5, 0.6) is 0 Å². The molecule has 3 aromatic carbocycles. The Morgan fingerprint density at radius 1 is 0.944 bits per heavy atom. The van der Waals surface area contributed by atoms with Crippen LogP contribution in [0.1, 0.15) is 20.8 Å². The largest absolute Gasteiger partial charge is 0.335 e. The Bertz CT molecular complexity index is 1540. The third-order valence-electron chi connectivity index (χ3n) is 6.68. The second-order valence-corrected chi connectivity index (χ2v) is 10.4. The minimum absolute atomic E-state index is 0.111. The first-order valence-electron chi connectivity index (χ1n) is 12.2. The van der Waals surface area contributed by atoms with Gasteiger partial charge in [-0.05, 0) is 54.9 Å². The molecule has 6 rings (SSSR count). The van der Waals surface area contributed by atoms with E-state index < -0.39 is 0 Å². The minimum Gasteiger partial charge on any atom is -0.335 e. The van der Waals surface area contributed by atoms with Crippen molar-refractivity contribution in [2.45, 2.75) is 6.42 Å². The van der Waals surface area contributed by atoms with Gasteiger partial charge in [-0.25, -0.2) is 9.97 Å². The molecular weight excluding hydrogens is 466 g/mol. The average Bonchev–Trinajstić information content (AvgIpc) is 3.35. The molecular formula is C29H27N5OS. The highest BCUT2D eigenvalue weighted by molar-refractivity contribution is 7.21. The number of aromatic nitrogens is 2. The zero-order valence-electron chi connectivity index (χ0n) is 20.1. The summed E-state index contributed by atoms with van der Waals surface area (Å²) in [5, 5.41) is 5.33. The molecule has 1 amide bonds. The molecule has 0 aliphatic carbocycles. The summed E-state index contributed by atoms with van der Waals surface area (Å²) >= 11 is 1.54. The molecule has 1 saturated heterocycles. The first kappa shape index (κ1) is 22.6. The number of hydrogen-bond donors (Lipinski definition) is 1. The third kappa shape index (κ3) is 4.67. The molecule has 2 aromatic heterocycles. The Morgan fingerprint density at radius 3 is 2.58 bits per heavy atom. The minimum atomic E-state index is 0.111. The van der Waals surface area contributed by atoms with E-state index in [-0.39, 0.29) is 5.91 Å². The second kappa shape index (κ2) is 9.68. The summed E-state index contributed by atoms with van der Waals surface area (Å²) in [6.45, 7) is 3.36. The topological polar surface area (TPSA) is 61.4 Å². The lowest BCUT2D eigenvalue weighted by Gasteiger charge is -2.32. The van der Waals surface area contributed by atoms with Gasteiger partial charge >= 0.3 is 0 Å². The number of nitrogens with one attached hydrogen (secondary N) is 1. The van der Waals surface area contributed by atoms with Crippen LogP contribution in [-0.2, 0) is 6.42 Å². The summed E-state index contributed by atoms with van der Waals surface area (Å²) in [6, 6.07) is 24.9. The Morgan fingerprint density at radius 2 is 1.75 bits per heavy atom. The zero-order chi connectivity index (χ0) is 24.5. The van der Waals surface area contributed by atoms with Gasteiger partial charge in [0.2, 0.25) is 5.95 Å². The molecule has 5 aromatic rings. The molecule has 0 bridgehead atoms. The van der Waals surface area contributed by atoms with Crippen LogP contribution in [-0.4, -0.2) is 58.9 Å². The van der Waals surface area contributed by atoms with E-state index in [0.29, 0.717) is 5.95 Å². The number of anilines is 2. The molecule has 1 fully saturated rings. The van der Waals surface area contributed by atoms with Crippen LogP contribution in [0, 0.1) is 0 Å². The highest BCUT2D eigenvalue weighted by Crippen LogP contribution is 2.32. The molecule has 0 saturated carbocycles. The fourth-order valence-electron chi connectivity index (χ4n) is 4.66. The first-order valence-corrected chi connectivity index (χ1v) is 13.0. The fourth-order valence-corrected chi connectivity index (χ4v) is 5.69. The Hall–Kier alpha value is -3.81. The van der Waals surface area contributed by atoms with E-state index in [1.807, 2.05) is 35.4 Å².